The van der Waals surface area contributed by atoms with Gasteiger partial charge in [0.05, 0.1) is 12.7 Å². The zero-order chi connectivity index (χ0) is 17.1. The zero-order valence-corrected chi connectivity index (χ0v) is 16.0. The SMILES string of the molecule is CCO[Si](OCC)(OCC)c1ccc(CSCC(O)CO)cc1. The highest BCUT2D eigenvalue weighted by Gasteiger charge is 2.43. The molecule has 1 aromatic rings. The van der Waals surface area contributed by atoms with Crippen LogP contribution < -0.4 is 5.19 Å². The van der Waals surface area contributed by atoms with Crippen LogP contribution in [0.15, 0.2) is 24.3 Å². The molecule has 0 heterocycles. The fourth-order valence-corrected chi connectivity index (χ4v) is 5.50. The van der Waals surface area contributed by atoms with Crippen LogP contribution in [0.1, 0.15) is 26.3 Å². The molecule has 0 bridgehead atoms. The van der Waals surface area contributed by atoms with E-state index in [0.717, 1.165) is 16.5 Å². The molecule has 1 unspecified atom stereocenters. The predicted octanol–water partition coefficient (Wildman–Crippen LogP) is 1.53. The molecule has 1 rings (SSSR count). The molecule has 0 saturated carbocycles. The van der Waals surface area contributed by atoms with Gasteiger partial charge in [-0.05, 0) is 26.3 Å². The Labute approximate surface area is 144 Å². The van der Waals surface area contributed by atoms with Gasteiger partial charge in [-0.25, -0.2) is 0 Å². The van der Waals surface area contributed by atoms with E-state index >= 15 is 0 Å². The lowest BCUT2D eigenvalue weighted by Crippen LogP contribution is -2.56. The Morgan fingerprint density at radius 1 is 1.00 bits per heavy atom. The van der Waals surface area contributed by atoms with Crippen LogP contribution >= 0.6 is 11.8 Å². The first-order valence-electron chi connectivity index (χ1n) is 7.99. The first-order chi connectivity index (χ1) is 11.1. The van der Waals surface area contributed by atoms with E-state index in [1.807, 2.05) is 45.0 Å². The molecule has 0 fully saturated rings. The molecule has 0 spiro atoms. The van der Waals surface area contributed by atoms with Crippen LogP contribution in [0.5, 0.6) is 0 Å². The van der Waals surface area contributed by atoms with E-state index in [0.29, 0.717) is 25.6 Å². The van der Waals surface area contributed by atoms with Crippen molar-refractivity contribution in [2.45, 2.75) is 32.6 Å². The molecule has 0 saturated heterocycles. The summed E-state index contributed by atoms with van der Waals surface area (Å²) >= 11 is 1.59. The van der Waals surface area contributed by atoms with E-state index < -0.39 is 14.9 Å². The van der Waals surface area contributed by atoms with Crippen molar-refractivity contribution in [1.29, 1.82) is 0 Å². The van der Waals surface area contributed by atoms with Gasteiger partial charge in [0.15, 0.2) is 0 Å². The minimum atomic E-state index is -2.83. The minimum absolute atomic E-state index is 0.197. The molecule has 23 heavy (non-hydrogen) atoms. The Hall–Kier alpha value is -0.413. The van der Waals surface area contributed by atoms with Crippen LogP contribution in [0.25, 0.3) is 0 Å². The summed E-state index contributed by atoms with van der Waals surface area (Å²) in [5.74, 6) is 1.30. The molecule has 0 amide bonds. The molecule has 0 aliphatic rings. The summed E-state index contributed by atoms with van der Waals surface area (Å²) in [5.41, 5.74) is 1.15. The third-order valence-corrected chi connectivity index (χ3v) is 7.30. The summed E-state index contributed by atoms with van der Waals surface area (Å²) in [6, 6.07) is 8.08. The maximum atomic E-state index is 9.35. The molecule has 2 N–H and O–H groups in total. The molecule has 0 radical (unpaired) electrons. The van der Waals surface area contributed by atoms with Gasteiger partial charge in [0.2, 0.25) is 0 Å². The summed E-state index contributed by atoms with van der Waals surface area (Å²) in [7, 11) is -2.83. The van der Waals surface area contributed by atoms with Gasteiger partial charge in [-0.2, -0.15) is 11.8 Å². The number of aliphatic hydroxyl groups is 2. The van der Waals surface area contributed by atoms with Gasteiger partial charge in [0.25, 0.3) is 0 Å². The molecular weight excluding hydrogens is 332 g/mol. The van der Waals surface area contributed by atoms with Crippen LogP contribution in [-0.4, -0.2) is 57.3 Å². The molecule has 1 atom stereocenters. The van der Waals surface area contributed by atoms with E-state index in [-0.39, 0.29) is 6.61 Å². The molecule has 0 aromatic heterocycles. The van der Waals surface area contributed by atoms with E-state index in [9.17, 15) is 5.11 Å². The summed E-state index contributed by atoms with van der Waals surface area (Å²) < 4.78 is 17.7. The molecule has 0 aliphatic heterocycles. The summed E-state index contributed by atoms with van der Waals surface area (Å²) in [6.45, 7) is 7.26. The van der Waals surface area contributed by atoms with E-state index in [1.165, 1.54) is 0 Å². The average molecular weight is 361 g/mol. The van der Waals surface area contributed by atoms with Gasteiger partial charge >= 0.3 is 8.80 Å². The fourth-order valence-electron chi connectivity index (χ4n) is 2.12. The number of aliphatic hydroxyl groups excluding tert-OH is 2. The van der Waals surface area contributed by atoms with Crippen molar-refractivity contribution in [1.82, 2.24) is 0 Å². The Bertz CT molecular complexity index is 412. The van der Waals surface area contributed by atoms with Gasteiger partial charge in [-0.3, -0.25) is 0 Å². The topological polar surface area (TPSA) is 68.2 Å². The number of hydrogen-bond donors (Lipinski definition) is 2. The average Bonchev–Trinajstić information content (AvgIpc) is 2.56. The highest BCUT2D eigenvalue weighted by Crippen LogP contribution is 2.15. The first kappa shape index (κ1) is 20.6. The highest BCUT2D eigenvalue weighted by molar-refractivity contribution is 7.98. The summed E-state index contributed by atoms with van der Waals surface area (Å²) in [6.07, 6.45) is -0.659. The van der Waals surface area contributed by atoms with E-state index in [1.54, 1.807) is 11.8 Å². The number of thioether (sulfide) groups is 1. The van der Waals surface area contributed by atoms with Crippen molar-refractivity contribution in [3.05, 3.63) is 29.8 Å². The van der Waals surface area contributed by atoms with Gasteiger partial charge < -0.3 is 23.5 Å². The van der Waals surface area contributed by atoms with Gasteiger partial charge in [0, 0.05) is 36.5 Å². The van der Waals surface area contributed by atoms with E-state index in [4.69, 9.17) is 18.4 Å². The summed E-state index contributed by atoms with van der Waals surface area (Å²) in [4.78, 5) is 0. The molecule has 0 aliphatic carbocycles. The molecular formula is C16H28O5SSi. The largest absolute Gasteiger partial charge is 0.537 e. The van der Waals surface area contributed by atoms with Crippen LogP contribution in [0.3, 0.4) is 0 Å². The predicted molar refractivity (Wildman–Crippen MR) is 96.0 cm³/mol. The lowest BCUT2D eigenvalue weighted by atomic mass is 10.2. The molecule has 7 heteroatoms. The van der Waals surface area contributed by atoms with Crippen molar-refractivity contribution in [3.63, 3.8) is 0 Å². The second-order valence-corrected chi connectivity index (χ2v) is 8.49. The van der Waals surface area contributed by atoms with E-state index in [2.05, 4.69) is 0 Å². The third kappa shape index (κ3) is 6.54. The Morgan fingerprint density at radius 2 is 1.52 bits per heavy atom. The van der Waals surface area contributed by atoms with Gasteiger partial charge in [-0.15, -0.1) is 0 Å². The monoisotopic (exact) mass is 360 g/mol. The minimum Gasteiger partial charge on any atom is -0.394 e. The number of hydrogen-bond acceptors (Lipinski definition) is 6. The Kier molecular flexibility index (Phi) is 10.0. The normalized spacial score (nSPS) is 13.3. The number of rotatable bonds is 12. The van der Waals surface area contributed by atoms with Crippen LogP contribution in [0.4, 0.5) is 0 Å². The lowest BCUT2D eigenvalue weighted by molar-refractivity contribution is 0.0859. The lowest BCUT2D eigenvalue weighted by Gasteiger charge is -2.28. The molecule has 5 nitrogen and oxygen atoms in total. The third-order valence-electron chi connectivity index (χ3n) is 3.10. The van der Waals surface area contributed by atoms with Crippen LogP contribution in [0.2, 0.25) is 0 Å². The van der Waals surface area contributed by atoms with Gasteiger partial charge in [0.1, 0.15) is 0 Å². The smallest absolute Gasteiger partial charge is 0.394 e. The zero-order valence-electron chi connectivity index (χ0n) is 14.2. The van der Waals surface area contributed by atoms with Crippen molar-refractivity contribution in [2.75, 3.05) is 32.2 Å². The highest BCUT2D eigenvalue weighted by atomic mass is 32.2. The Balaban J connectivity index is 2.77. The fraction of sp³-hybridized carbons (Fsp3) is 0.625. The van der Waals surface area contributed by atoms with Crippen molar-refractivity contribution in [2.24, 2.45) is 0 Å². The first-order valence-corrected chi connectivity index (χ1v) is 10.9. The second-order valence-electron chi connectivity index (χ2n) is 4.90. The number of benzene rings is 1. The second kappa shape index (κ2) is 11.2. The van der Waals surface area contributed by atoms with Gasteiger partial charge in [-0.1, -0.05) is 24.3 Å². The van der Waals surface area contributed by atoms with Crippen LogP contribution in [-0.2, 0) is 19.0 Å². The maximum Gasteiger partial charge on any atom is 0.537 e. The molecule has 132 valence electrons. The van der Waals surface area contributed by atoms with Crippen molar-refractivity contribution >= 4 is 25.8 Å². The van der Waals surface area contributed by atoms with Crippen LogP contribution in [0, 0.1) is 0 Å². The summed E-state index contributed by atoms with van der Waals surface area (Å²) in [5, 5.41) is 19.1. The standard InChI is InChI=1S/C16H28O5SSi/c1-4-19-23(20-5-2,21-6-3)16-9-7-14(8-10-16)12-22-13-15(18)11-17/h7-10,15,17-18H,4-6,11-13H2,1-3H3. The maximum absolute atomic E-state index is 9.35. The van der Waals surface area contributed by atoms with Crippen molar-refractivity contribution < 1.29 is 23.5 Å². The quantitative estimate of drug-likeness (QED) is 0.551. The van der Waals surface area contributed by atoms with Crippen molar-refractivity contribution in [3.8, 4) is 0 Å². The Morgan fingerprint density at radius 3 is 1.96 bits per heavy atom. The molecule has 1 aromatic carbocycles.